The first-order valence-electron chi connectivity index (χ1n) is 11.9. The molecule has 1 saturated heterocycles. The van der Waals surface area contributed by atoms with Gasteiger partial charge in [0.15, 0.2) is 0 Å². The van der Waals surface area contributed by atoms with Crippen LogP contribution in [0.3, 0.4) is 0 Å². The minimum Gasteiger partial charge on any atom is -0.493 e. The third-order valence-corrected chi connectivity index (χ3v) is 5.84. The van der Waals surface area contributed by atoms with E-state index < -0.39 is 0 Å². The number of nitrogens with zero attached hydrogens (tertiary/aromatic N) is 1. The largest absolute Gasteiger partial charge is 0.493 e. The third-order valence-electron chi connectivity index (χ3n) is 5.84. The van der Waals surface area contributed by atoms with E-state index in [9.17, 15) is 4.79 Å². The van der Waals surface area contributed by atoms with Gasteiger partial charge in [0.05, 0.1) is 13.2 Å². The van der Waals surface area contributed by atoms with Gasteiger partial charge in [-0.15, -0.1) is 0 Å². The molecule has 1 heterocycles. The number of rotatable bonds is 12. The lowest BCUT2D eigenvalue weighted by molar-refractivity contribution is -0.143. The minimum atomic E-state index is -0.163. The number of hydrogen-bond donors (Lipinski definition) is 0. The molecule has 5 heteroatoms. The monoisotopic (exact) mass is 439 g/mol. The summed E-state index contributed by atoms with van der Waals surface area (Å²) < 4.78 is 16.3. The van der Waals surface area contributed by atoms with Crippen LogP contribution in [0.2, 0.25) is 0 Å². The van der Waals surface area contributed by atoms with Crippen LogP contribution >= 0.6 is 0 Å². The molecule has 174 valence electrons. The van der Waals surface area contributed by atoms with E-state index in [2.05, 4.69) is 47.4 Å². The molecule has 1 fully saturated rings. The number of likely N-dealkylation sites (tertiary alicyclic amines) is 1. The van der Waals surface area contributed by atoms with Crippen molar-refractivity contribution in [3.8, 4) is 16.9 Å². The van der Waals surface area contributed by atoms with E-state index in [0.717, 1.165) is 35.4 Å². The molecule has 0 amide bonds. The molecule has 32 heavy (non-hydrogen) atoms. The van der Waals surface area contributed by atoms with Gasteiger partial charge in [0.1, 0.15) is 5.75 Å². The fourth-order valence-electron chi connectivity index (χ4n) is 4.11. The maximum Gasteiger partial charge on any atom is 0.306 e. The molecule has 0 aromatic heterocycles. The van der Waals surface area contributed by atoms with Crippen molar-refractivity contribution in [1.82, 2.24) is 4.90 Å². The van der Waals surface area contributed by atoms with Crippen molar-refractivity contribution in [3.63, 3.8) is 0 Å². The molecule has 0 saturated carbocycles. The van der Waals surface area contributed by atoms with Crippen molar-refractivity contribution in [2.45, 2.75) is 52.0 Å². The molecular weight excluding hydrogens is 402 g/mol. The summed E-state index contributed by atoms with van der Waals surface area (Å²) in [5.74, 6) is 0.690. The number of hydrogen-bond acceptors (Lipinski definition) is 5. The molecule has 2 aromatic rings. The molecule has 1 aliphatic rings. The Balaban J connectivity index is 1.71. The summed E-state index contributed by atoms with van der Waals surface area (Å²) in [4.78, 5) is 14.3. The molecule has 0 aliphatic carbocycles. The lowest BCUT2D eigenvalue weighted by Gasteiger charge is -2.26. The van der Waals surface area contributed by atoms with Crippen LogP contribution in [0.4, 0.5) is 0 Å². The zero-order valence-corrected chi connectivity index (χ0v) is 19.6. The third kappa shape index (κ3) is 7.64. The fourth-order valence-corrected chi connectivity index (χ4v) is 4.11. The highest BCUT2D eigenvalue weighted by atomic mass is 16.5. The maximum absolute atomic E-state index is 11.7. The van der Waals surface area contributed by atoms with Gasteiger partial charge in [-0.25, -0.2) is 0 Å². The van der Waals surface area contributed by atoms with Crippen LogP contribution in [0.15, 0.2) is 42.5 Å². The number of esters is 1. The fraction of sp³-hybridized carbons (Fsp3) is 0.519. The molecule has 0 spiro atoms. The Labute approximate surface area is 192 Å². The summed E-state index contributed by atoms with van der Waals surface area (Å²) in [6, 6.07) is 15.1. The van der Waals surface area contributed by atoms with Crippen molar-refractivity contribution in [3.05, 3.63) is 53.6 Å². The van der Waals surface area contributed by atoms with Crippen LogP contribution in [-0.2, 0) is 27.2 Å². The van der Waals surface area contributed by atoms with Crippen molar-refractivity contribution in [2.75, 3.05) is 40.0 Å². The van der Waals surface area contributed by atoms with Gasteiger partial charge >= 0.3 is 5.97 Å². The van der Waals surface area contributed by atoms with Gasteiger partial charge < -0.3 is 14.2 Å². The zero-order chi connectivity index (χ0) is 22.6. The Morgan fingerprint density at radius 2 is 1.72 bits per heavy atom. The number of methoxy groups -OCH3 is 1. The van der Waals surface area contributed by atoms with Crippen molar-refractivity contribution >= 4 is 5.97 Å². The summed E-state index contributed by atoms with van der Waals surface area (Å²) in [5, 5.41) is 0. The van der Waals surface area contributed by atoms with Gasteiger partial charge in [-0.3, -0.25) is 9.69 Å². The molecule has 0 atom stereocenters. The van der Waals surface area contributed by atoms with E-state index in [4.69, 9.17) is 14.2 Å². The first-order valence-corrected chi connectivity index (χ1v) is 11.9. The van der Waals surface area contributed by atoms with Crippen LogP contribution in [0, 0.1) is 0 Å². The van der Waals surface area contributed by atoms with Gasteiger partial charge in [0.25, 0.3) is 0 Å². The molecule has 5 nitrogen and oxygen atoms in total. The van der Waals surface area contributed by atoms with Crippen molar-refractivity contribution in [1.29, 1.82) is 0 Å². The SMILES string of the molecule is CCOC(=O)CCc1ccc(-c2ccc(CN3CCCCC3)cc2)c(OCCCOC)c1. The highest BCUT2D eigenvalue weighted by Gasteiger charge is 2.12. The Bertz CT molecular complexity index is 828. The molecule has 0 bridgehead atoms. The van der Waals surface area contributed by atoms with Crippen LogP contribution < -0.4 is 4.74 Å². The number of benzene rings is 2. The van der Waals surface area contributed by atoms with Crippen LogP contribution in [0.5, 0.6) is 5.75 Å². The predicted molar refractivity (Wildman–Crippen MR) is 128 cm³/mol. The molecule has 0 N–H and O–H groups in total. The second-order valence-electron chi connectivity index (χ2n) is 8.36. The van der Waals surface area contributed by atoms with E-state index in [1.165, 1.54) is 37.9 Å². The zero-order valence-electron chi connectivity index (χ0n) is 19.6. The van der Waals surface area contributed by atoms with Gasteiger partial charge in [-0.05, 0) is 62.0 Å². The van der Waals surface area contributed by atoms with Crippen LogP contribution in [-0.4, -0.2) is 50.9 Å². The Morgan fingerprint density at radius 3 is 2.44 bits per heavy atom. The predicted octanol–water partition coefficient (Wildman–Crippen LogP) is 5.25. The first kappa shape index (κ1) is 24.3. The number of ether oxygens (including phenoxy) is 3. The molecule has 1 aliphatic heterocycles. The van der Waals surface area contributed by atoms with Crippen LogP contribution in [0.1, 0.15) is 50.2 Å². The van der Waals surface area contributed by atoms with E-state index in [-0.39, 0.29) is 5.97 Å². The average molecular weight is 440 g/mol. The maximum atomic E-state index is 11.7. The number of aryl methyl sites for hydroxylation is 1. The molecule has 3 rings (SSSR count). The number of carbonyl (C=O) groups is 1. The summed E-state index contributed by atoms with van der Waals surface area (Å²) in [6.07, 6.45) is 5.83. The molecule has 0 radical (unpaired) electrons. The van der Waals surface area contributed by atoms with E-state index in [0.29, 0.717) is 32.7 Å². The normalized spacial score (nSPS) is 14.3. The lowest BCUT2D eigenvalue weighted by atomic mass is 9.99. The minimum absolute atomic E-state index is 0.163. The second kappa shape index (κ2) is 13.2. The molecule has 2 aromatic carbocycles. The van der Waals surface area contributed by atoms with Gasteiger partial charge in [-0.1, -0.05) is 42.8 Å². The van der Waals surface area contributed by atoms with Gasteiger partial charge in [0.2, 0.25) is 0 Å². The first-order chi connectivity index (χ1) is 15.7. The highest BCUT2D eigenvalue weighted by Crippen LogP contribution is 2.32. The summed E-state index contributed by atoms with van der Waals surface area (Å²) in [7, 11) is 1.70. The molecular formula is C27H37NO4. The van der Waals surface area contributed by atoms with Crippen LogP contribution in [0.25, 0.3) is 11.1 Å². The van der Waals surface area contributed by atoms with Crippen molar-refractivity contribution < 1.29 is 19.0 Å². The van der Waals surface area contributed by atoms with E-state index in [1.54, 1.807) is 7.11 Å². The van der Waals surface area contributed by atoms with E-state index in [1.807, 2.05) is 6.92 Å². The number of piperidine rings is 1. The summed E-state index contributed by atoms with van der Waals surface area (Å²) in [5.41, 5.74) is 4.65. The number of carbonyl (C=O) groups excluding carboxylic acids is 1. The quantitative estimate of drug-likeness (QED) is 0.334. The standard InChI is InChI=1S/C27H37NO4/c1-3-31-27(29)15-11-22-10-14-25(26(20-22)32-19-7-18-30-2)24-12-8-23(9-13-24)21-28-16-5-4-6-17-28/h8-10,12-14,20H,3-7,11,15-19,21H2,1-2H3. The average Bonchev–Trinajstić information content (AvgIpc) is 2.82. The lowest BCUT2D eigenvalue weighted by Crippen LogP contribution is -2.28. The Hall–Kier alpha value is -2.37. The topological polar surface area (TPSA) is 48.0 Å². The smallest absolute Gasteiger partial charge is 0.306 e. The Morgan fingerprint density at radius 1 is 0.969 bits per heavy atom. The highest BCUT2D eigenvalue weighted by molar-refractivity contribution is 5.72. The summed E-state index contributed by atoms with van der Waals surface area (Å²) >= 11 is 0. The Kier molecular flexibility index (Phi) is 10.0. The van der Waals surface area contributed by atoms with Crippen molar-refractivity contribution in [2.24, 2.45) is 0 Å². The summed E-state index contributed by atoms with van der Waals surface area (Å²) in [6.45, 7) is 6.94. The molecule has 0 unspecified atom stereocenters. The second-order valence-corrected chi connectivity index (χ2v) is 8.36. The van der Waals surface area contributed by atoms with Gasteiger partial charge in [-0.2, -0.15) is 0 Å². The van der Waals surface area contributed by atoms with Gasteiger partial charge in [0, 0.05) is 38.7 Å². The van der Waals surface area contributed by atoms with E-state index >= 15 is 0 Å².